The molecule has 0 saturated carbocycles. The van der Waals surface area contributed by atoms with Crippen LogP contribution in [0.15, 0.2) is 57.9 Å². The van der Waals surface area contributed by atoms with Crippen LogP contribution in [-0.2, 0) is 4.79 Å². The molecule has 0 bridgehead atoms. The van der Waals surface area contributed by atoms with Crippen LogP contribution in [0.2, 0.25) is 0 Å². The number of anilines is 1. The van der Waals surface area contributed by atoms with E-state index in [0.29, 0.717) is 18.0 Å². The number of rotatable bonds is 4. The highest BCUT2D eigenvalue weighted by atomic mass is 32.1. The average molecular weight is 392 g/mol. The second kappa shape index (κ2) is 7.82. The summed E-state index contributed by atoms with van der Waals surface area (Å²) in [5, 5.41) is 9.59. The molecule has 0 radical (unpaired) electrons. The molecule has 0 spiro atoms. The predicted octanol–water partition coefficient (Wildman–Crippen LogP) is 3.66. The number of nitrogens with zero attached hydrogens (tertiary/aromatic N) is 3. The number of aromatic nitrogens is 1. The maximum absolute atomic E-state index is 11.6. The number of thiazole rings is 1. The van der Waals surface area contributed by atoms with Gasteiger partial charge in [0, 0.05) is 17.5 Å². The molecule has 4 rings (SSSR count). The number of nitrogens with one attached hydrogen (secondary N) is 1. The maximum atomic E-state index is 11.6. The molecule has 0 saturated heterocycles. The van der Waals surface area contributed by atoms with Crippen molar-refractivity contribution in [2.75, 3.05) is 18.5 Å². The van der Waals surface area contributed by atoms with Crippen LogP contribution in [0.4, 0.5) is 5.69 Å². The number of fused-ring (bicyclic) bond motifs is 1. The Kier molecular flexibility index (Phi) is 5.08. The average Bonchev–Trinajstić information content (AvgIpc) is 3.09. The largest absolute Gasteiger partial charge is 0.482 e. The van der Waals surface area contributed by atoms with Gasteiger partial charge in [-0.05, 0) is 43.2 Å². The minimum Gasteiger partial charge on any atom is -0.482 e. The molecular weight excluding hydrogens is 372 g/mol. The van der Waals surface area contributed by atoms with E-state index in [9.17, 15) is 4.79 Å². The van der Waals surface area contributed by atoms with Crippen LogP contribution in [-0.4, -0.2) is 29.9 Å². The van der Waals surface area contributed by atoms with E-state index in [4.69, 9.17) is 9.84 Å². The Labute approximate surface area is 166 Å². The van der Waals surface area contributed by atoms with Crippen molar-refractivity contribution < 1.29 is 9.53 Å². The molecule has 1 aliphatic heterocycles. The highest BCUT2D eigenvalue weighted by Crippen LogP contribution is 2.32. The zero-order valence-corrected chi connectivity index (χ0v) is 16.5. The molecule has 0 fully saturated rings. The summed E-state index contributed by atoms with van der Waals surface area (Å²) in [4.78, 5) is 17.0. The normalized spacial score (nSPS) is 14.1. The zero-order valence-electron chi connectivity index (χ0n) is 15.7. The van der Waals surface area contributed by atoms with Crippen LogP contribution in [0.25, 0.3) is 11.3 Å². The Balaban J connectivity index is 1.79. The number of amides is 1. The number of hydrogen-bond acceptors (Lipinski definition) is 5. The summed E-state index contributed by atoms with van der Waals surface area (Å²) in [6.07, 6.45) is 1.85. The van der Waals surface area contributed by atoms with E-state index in [2.05, 4.69) is 23.3 Å². The molecule has 0 atom stereocenters. The summed E-state index contributed by atoms with van der Waals surface area (Å²) in [6, 6.07) is 13.8. The smallest absolute Gasteiger partial charge is 0.262 e. The van der Waals surface area contributed by atoms with Crippen molar-refractivity contribution in [1.82, 2.24) is 4.68 Å². The lowest BCUT2D eigenvalue weighted by molar-refractivity contribution is -0.118. The van der Waals surface area contributed by atoms with Gasteiger partial charge in [0.25, 0.3) is 5.91 Å². The molecule has 28 heavy (non-hydrogen) atoms. The van der Waals surface area contributed by atoms with Gasteiger partial charge in [0.05, 0.1) is 17.6 Å². The summed E-state index contributed by atoms with van der Waals surface area (Å²) in [6.45, 7) is 4.78. The second-order valence-corrected chi connectivity index (χ2v) is 7.18. The number of carbonyl (C=O) groups excluding carboxylic acids is 1. The first-order valence-corrected chi connectivity index (χ1v) is 9.92. The molecule has 1 amide bonds. The number of ether oxygens (including phenoxy) is 1. The van der Waals surface area contributed by atoms with Crippen molar-refractivity contribution in [3.05, 3.63) is 63.8 Å². The number of carbonyl (C=O) groups is 1. The molecule has 0 aliphatic carbocycles. The summed E-state index contributed by atoms with van der Waals surface area (Å²) >= 11 is 1.54. The number of aryl methyl sites for hydroxylation is 1. The van der Waals surface area contributed by atoms with Gasteiger partial charge in [0.2, 0.25) is 4.80 Å². The van der Waals surface area contributed by atoms with Crippen LogP contribution >= 0.6 is 11.3 Å². The lowest BCUT2D eigenvalue weighted by atomic mass is 10.1. The first-order valence-electron chi connectivity index (χ1n) is 9.04. The summed E-state index contributed by atoms with van der Waals surface area (Å²) in [5.41, 5.74) is 4.72. The minimum absolute atomic E-state index is 0.0467. The number of hydrogen-bond donors (Lipinski definition) is 1. The van der Waals surface area contributed by atoms with E-state index in [1.54, 1.807) is 0 Å². The molecule has 6 nitrogen and oxygen atoms in total. The Bertz CT molecular complexity index is 1130. The SMILES string of the molecule is CCN=c1scc(-c2ccc3c(c2)NC(=O)CO3)n1N=Cc1ccccc1C. The maximum Gasteiger partial charge on any atom is 0.262 e. The minimum atomic E-state index is -0.151. The highest BCUT2D eigenvalue weighted by Gasteiger charge is 2.17. The molecule has 142 valence electrons. The van der Waals surface area contributed by atoms with E-state index < -0.39 is 0 Å². The lowest BCUT2D eigenvalue weighted by Gasteiger charge is -2.18. The third-order valence-corrected chi connectivity index (χ3v) is 5.24. The van der Waals surface area contributed by atoms with Crippen molar-refractivity contribution in [3.8, 4) is 17.0 Å². The van der Waals surface area contributed by atoms with E-state index in [0.717, 1.165) is 27.2 Å². The molecule has 3 aromatic rings. The van der Waals surface area contributed by atoms with E-state index in [1.165, 1.54) is 11.3 Å². The van der Waals surface area contributed by atoms with Gasteiger partial charge >= 0.3 is 0 Å². The summed E-state index contributed by atoms with van der Waals surface area (Å²) in [7, 11) is 0. The van der Waals surface area contributed by atoms with Gasteiger partial charge in [0.1, 0.15) is 5.75 Å². The Morgan fingerprint density at radius 1 is 1.29 bits per heavy atom. The van der Waals surface area contributed by atoms with E-state index in [1.807, 2.05) is 59.6 Å². The second-order valence-electron chi connectivity index (χ2n) is 6.34. The van der Waals surface area contributed by atoms with E-state index in [-0.39, 0.29) is 12.5 Å². The van der Waals surface area contributed by atoms with Gasteiger partial charge in [-0.15, -0.1) is 11.3 Å². The van der Waals surface area contributed by atoms with Gasteiger partial charge < -0.3 is 10.1 Å². The fourth-order valence-electron chi connectivity index (χ4n) is 2.95. The van der Waals surface area contributed by atoms with Crippen molar-refractivity contribution in [2.24, 2.45) is 10.1 Å². The van der Waals surface area contributed by atoms with Gasteiger partial charge in [-0.1, -0.05) is 24.3 Å². The van der Waals surface area contributed by atoms with Gasteiger partial charge in [-0.2, -0.15) is 5.10 Å². The molecular formula is C21H20N4O2S. The van der Waals surface area contributed by atoms with Gasteiger partial charge in [-0.3, -0.25) is 9.79 Å². The highest BCUT2D eigenvalue weighted by molar-refractivity contribution is 7.07. The van der Waals surface area contributed by atoms with Gasteiger partial charge in [-0.25, -0.2) is 4.68 Å². The fourth-order valence-corrected chi connectivity index (χ4v) is 3.85. The van der Waals surface area contributed by atoms with Crippen molar-refractivity contribution in [2.45, 2.75) is 13.8 Å². The Hall–Kier alpha value is -3.19. The molecule has 2 aromatic carbocycles. The fraction of sp³-hybridized carbons (Fsp3) is 0.190. The van der Waals surface area contributed by atoms with Crippen molar-refractivity contribution in [1.29, 1.82) is 0 Å². The van der Waals surface area contributed by atoms with Crippen LogP contribution < -0.4 is 14.9 Å². The van der Waals surface area contributed by atoms with E-state index >= 15 is 0 Å². The Morgan fingerprint density at radius 2 is 2.14 bits per heavy atom. The summed E-state index contributed by atoms with van der Waals surface area (Å²) < 4.78 is 7.30. The van der Waals surface area contributed by atoms with Crippen molar-refractivity contribution in [3.63, 3.8) is 0 Å². The van der Waals surface area contributed by atoms with Gasteiger partial charge in [0.15, 0.2) is 6.61 Å². The molecule has 7 heteroatoms. The number of benzene rings is 2. The first-order chi connectivity index (χ1) is 13.7. The standard InChI is InChI=1S/C21H20N4O2S/c1-3-22-21-25(23-11-16-7-5-4-6-14(16)2)18(13-28-21)15-8-9-19-17(10-15)24-20(26)12-27-19/h4-11,13H,3,12H2,1-2H3,(H,24,26). The summed E-state index contributed by atoms with van der Waals surface area (Å²) in [5.74, 6) is 0.522. The van der Waals surface area contributed by atoms with Crippen LogP contribution in [0.5, 0.6) is 5.75 Å². The quantitative estimate of drug-likeness (QED) is 0.689. The lowest BCUT2D eigenvalue weighted by Crippen LogP contribution is -2.25. The predicted molar refractivity (Wildman–Crippen MR) is 112 cm³/mol. The third-order valence-electron chi connectivity index (χ3n) is 4.39. The molecule has 2 heterocycles. The molecule has 1 aromatic heterocycles. The zero-order chi connectivity index (χ0) is 19.5. The Morgan fingerprint density at radius 3 is 2.96 bits per heavy atom. The van der Waals surface area contributed by atoms with Crippen molar-refractivity contribution >= 4 is 29.1 Å². The topological polar surface area (TPSA) is 68.0 Å². The molecule has 1 aliphatic rings. The third kappa shape index (κ3) is 3.61. The monoisotopic (exact) mass is 392 g/mol. The van der Waals surface area contributed by atoms with Crippen LogP contribution in [0, 0.1) is 6.92 Å². The molecule has 1 N–H and O–H groups in total. The van der Waals surface area contributed by atoms with Crippen LogP contribution in [0.3, 0.4) is 0 Å². The molecule has 0 unspecified atom stereocenters. The van der Waals surface area contributed by atoms with Crippen LogP contribution in [0.1, 0.15) is 18.1 Å². The first kappa shape index (κ1) is 18.2.